The molecule has 2 aromatic carbocycles. The van der Waals surface area contributed by atoms with Gasteiger partial charge in [-0.15, -0.1) is 0 Å². The second-order valence-electron chi connectivity index (χ2n) is 6.54. The lowest BCUT2D eigenvalue weighted by atomic mass is 10.2. The largest absolute Gasteiger partial charge is 0.329 e. The number of nitrogens with zero attached hydrogens (tertiary/aromatic N) is 2. The number of quaternary nitrogens is 1. The molecule has 0 atom stereocenters. The van der Waals surface area contributed by atoms with Gasteiger partial charge < -0.3 is 4.90 Å². The van der Waals surface area contributed by atoms with E-state index in [9.17, 15) is 22.9 Å². The van der Waals surface area contributed by atoms with Crippen LogP contribution in [0.5, 0.6) is 0 Å². The van der Waals surface area contributed by atoms with E-state index in [1.165, 1.54) is 9.21 Å². The van der Waals surface area contributed by atoms with Gasteiger partial charge in [-0.25, -0.2) is 8.42 Å². The van der Waals surface area contributed by atoms with E-state index in [0.29, 0.717) is 26.2 Å². The van der Waals surface area contributed by atoms with E-state index >= 15 is 0 Å². The number of hydrogen-bond acceptors (Lipinski definition) is 4. The Morgan fingerprint density at radius 2 is 1.82 bits per heavy atom. The second kappa shape index (κ2) is 8.59. The van der Waals surface area contributed by atoms with Crippen LogP contribution in [0.15, 0.2) is 59.5 Å². The lowest BCUT2D eigenvalue weighted by molar-refractivity contribution is -0.897. The van der Waals surface area contributed by atoms with Crippen molar-refractivity contribution in [1.82, 2.24) is 4.31 Å². The fourth-order valence-electron chi connectivity index (χ4n) is 3.11. The van der Waals surface area contributed by atoms with Gasteiger partial charge in [-0.1, -0.05) is 36.4 Å². The molecule has 0 spiro atoms. The molecule has 0 saturated carbocycles. The molecule has 1 aliphatic rings. The van der Waals surface area contributed by atoms with E-state index in [-0.39, 0.29) is 4.90 Å². The van der Waals surface area contributed by atoms with Gasteiger partial charge in [0.15, 0.2) is 0 Å². The first-order chi connectivity index (χ1) is 13.4. The van der Waals surface area contributed by atoms with Gasteiger partial charge in [-0.05, 0) is 23.8 Å². The number of nitro groups is 1. The molecule has 1 heterocycles. The van der Waals surface area contributed by atoms with Crippen molar-refractivity contribution in [3.05, 3.63) is 76.1 Å². The number of halogens is 1. The number of sulfonamides is 1. The van der Waals surface area contributed by atoms with Gasteiger partial charge >= 0.3 is 5.69 Å². The lowest BCUT2D eigenvalue weighted by Crippen LogP contribution is -3.14. The number of benzene rings is 2. The molecule has 0 radical (unpaired) electrons. The minimum absolute atomic E-state index is 0.256. The standard InChI is InChI=1S/C19H20FN3O4S/c20-18-9-8-17(15-19(18)23(24)25)28(26,27)22-13-11-21(12-14-22)10-4-7-16-5-2-1-3-6-16/h1-9,15H,10-14H2/p+1/b7-4+. The normalized spacial score (nSPS) is 16.5. The Hall–Kier alpha value is -2.62. The molecular weight excluding hydrogens is 385 g/mol. The van der Waals surface area contributed by atoms with Gasteiger partial charge in [0.1, 0.15) is 0 Å². The maximum absolute atomic E-state index is 13.5. The Morgan fingerprint density at radius 1 is 1.14 bits per heavy atom. The van der Waals surface area contributed by atoms with Gasteiger partial charge in [0, 0.05) is 6.07 Å². The Balaban J connectivity index is 1.61. The van der Waals surface area contributed by atoms with Gasteiger partial charge in [-0.3, -0.25) is 10.1 Å². The van der Waals surface area contributed by atoms with E-state index in [1.807, 2.05) is 36.4 Å². The first-order valence-electron chi connectivity index (χ1n) is 8.87. The fraction of sp³-hybridized carbons (Fsp3) is 0.263. The van der Waals surface area contributed by atoms with E-state index < -0.39 is 26.5 Å². The predicted octanol–water partition coefficient (Wildman–Crippen LogP) is 1.34. The molecule has 0 aromatic heterocycles. The lowest BCUT2D eigenvalue weighted by Gasteiger charge is -2.30. The van der Waals surface area contributed by atoms with Crippen LogP contribution in [-0.4, -0.2) is 50.4 Å². The maximum Gasteiger partial charge on any atom is 0.306 e. The molecule has 2 aromatic rings. The summed E-state index contributed by atoms with van der Waals surface area (Å²) >= 11 is 0. The summed E-state index contributed by atoms with van der Waals surface area (Å²) in [7, 11) is -3.89. The summed E-state index contributed by atoms with van der Waals surface area (Å²) in [5.74, 6) is -1.05. The molecule has 0 aliphatic carbocycles. The van der Waals surface area contributed by atoms with Crippen LogP contribution in [0, 0.1) is 15.9 Å². The van der Waals surface area contributed by atoms with Gasteiger partial charge in [0.2, 0.25) is 15.8 Å². The smallest absolute Gasteiger partial charge is 0.306 e. The minimum Gasteiger partial charge on any atom is -0.329 e. The molecule has 1 N–H and O–H groups in total. The molecule has 148 valence electrons. The molecule has 0 bridgehead atoms. The van der Waals surface area contributed by atoms with Crippen molar-refractivity contribution in [1.29, 1.82) is 0 Å². The molecule has 1 aliphatic heterocycles. The molecular formula is C19H21FN3O4S+. The molecule has 1 fully saturated rings. The monoisotopic (exact) mass is 406 g/mol. The third-order valence-corrected chi connectivity index (χ3v) is 6.59. The Bertz CT molecular complexity index is 972. The summed E-state index contributed by atoms with van der Waals surface area (Å²) in [5, 5.41) is 10.9. The van der Waals surface area contributed by atoms with Crippen LogP contribution in [0.2, 0.25) is 0 Å². The van der Waals surface area contributed by atoms with Crippen molar-refractivity contribution >= 4 is 21.8 Å². The van der Waals surface area contributed by atoms with E-state index in [4.69, 9.17) is 0 Å². The van der Waals surface area contributed by atoms with Gasteiger partial charge in [-0.2, -0.15) is 8.70 Å². The number of piperazine rings is 1. The molecule has 7 nitrogen and oxygen atoms in total. The number of nitro benzene ring substituents is 1. The number of hydrogen-bond donors (Lipinski definition) is 1. The molecule has 28 heavy (non-hydrogen) atoms. The van der Waals surface area contributed by atoms with Crippen LogP contribution in [0.3, 0.4) is 0 Å². The molecule has 9 heteroatoms. The third kappa shape index (κ3) is 4.61. The van der Waals surface area contributed by atoms with Crippen LogP contribution in [-0.2, 0) is 10.0 Å². The van der Waals surface area contributed by atoms with Crippen LogP contribution in [0.4, 0.5) is 10.1 Å². The first kappa shape index (κ1) is 20.1. The highest BCUT2D eigenvalue weighted by molar-refractivity contribution is 7.89. The van der Waals surface area contributed by atoms with Crippen LogP contribution < -0.4 is 4.90 Å². The predicted molar refractivity (Wildman–Crippen MR) is 103 cm³/mol. The third-order valence-electron chi connectivity index (χ3n) is 4.70. The summed E-state index contributed by atoms with van der Waals surface area (Å²) < 4.78 is 40.3. The molecule has 0 unspecified atom stereocenters. The zero-order valence-electron chi connectivity index (χ0n) is 15.1. The zero-order chi connectivity index (χ0) is 20.1. The fourth-order valence-corrected chi connectivity index (χ4v) is 4.58. The zero-order valence-corrected chi connectivity index (χ0v) is 15.9. The van der Waals surface area contributed by atoms with Crippen LogP contribution >= 0.6 is 0 Å². The second-order valence-corrected chi connectivity index (χ2v) is 8.48. The average molecular weight is 406 g/mol. The number of rotatable bonds is 6. The minimum atomic E-state index is -3.89. The van der Waals surface area contributed by atoms with E-state index in [2.05, 4.69) is 6.08 Å². The van der Waals surface area contributed by atoms with Crippen molar-refractivity contribution < 1.29 is 22.6 Å². The summed E-state index contributed by atoms with van der Waals surface area (Å²) in [6, 6.07) is 12.6. The van der Waals surface area contributed by atoms with Crippen molar-refractivity contribution in [2.45, 2.75) is 4.90 Å². The van der Waals surface area contributed by atoms with Crippen molar-refractivity contribution in [2.75, 3.05) is 32.7 Å². The number of nitrogens with one attached hydrogen (secondary N) is 1. The summed E-state index contributed by atoms with van der Waals surface area (Å²) in [5.41, 5.74) is 0.275. The van der Waals surface area contributed by atoms with Gasteiger partial charge in [0.05, 0.1) is 42.5 Å². The van der Waals surface area contributed by atoms with Crippen LogP contribution in [0.1, 0.15) is 5.56 Å². The molecule has 1 saturated heterocycles. The van der Waals surface area contributed by atoms with Crippen molar-refractivity contribution in [3.8, 4) is 0 Å². The Morgan fingerprint density at radius 3 is 2.46 bits per heavy atom. The Kier molecular flexibility index (Phi) is 6.18. The van der Waals surface area contributed by atoms with Crippen molar-refractivity contribution in [2.24, 2.45) is 0 Å². The van der Waals surface area contributed by atoms with Gasteiger partial charge in [0.25, 0.3) is 0 Å². The summed E-state index contributed by atoms with van der Waals surface area (Å²) in [4.78, 5) is 10.9. The SMILES string of the molecule is O=[N+]([O-])c1cc(S(=O)(=O)N2CC[NH+](C/C=C/c3ccccc3)CC2)ccc1F. The Labute approximate surface area is 162 Å². The highest BCUT2D eigenvalue weighted by Crippen LogP contribution is 2.24. The molecule has 0 amide bonds. The van der Waals surface area contributed by atoms with E-state index in [1.54, 1.807) is 0 Å². The summed E-state index contributed by atoms with van der Waals surface area (Å²) in [6.45, 7) is 2.65. The first-order valence-corrected chi connectivity index (χ1v) is 10.3. The average Bonchev–Trinajstić information content (AvgIpc) is 2.69. The highest BCUT2D eigenvalue weighted by Gasteiger charge is 2.31. The topological polar surface area (TPSA) is 85.0 Å². The van der Waals surface area contributed by atoms with Crippen LogP contribution in [0.25, 0.3) is 6.08 Å². The van der Waals surface area contributed by atoms with Crippen molar-refractivity contribution in [3.63, 3.8) is 0 Å². The molecule has 3 rings (SSSR count). The van der Waals surface area contributed by atoms with E-state index in [0.717, 1.165) is 30.3 Å². The summed E-state index contributed by atoms with van der Waals surface area (Å²) in [6.07, 6.45) is 4.10. The maximum atomic E-state index is 13.5. The highest BCUT2D eigenvalue weighted by atomic mass is 32.2. The quantitative estimate of drug-likeness (QED) is 0.580.